The second-order valence-corrected chi connectivity index (χ2v) is 7.74. The number of hydrogen-bond acceptors (Lipinski definition) is 4. The molecule has 0 saturated heterocycles. The second kappa shape index (κ2) is 6.61. The number of hydrogen-bond donors (Lipinski definition) is 1. The first-order valence-corrected chi connectivity index (χ1v) is 9.48. The van der Waals surface area contributed by atoms with Crippen LogP contribution in [-0.4, -0.2) is 41.0 Å². The van der Waals surface area contributed by atoms with Crippen LogP contribution in [0.15, 0.2) is 36.0 Å². The lowest BCUT2D eigenvalue weighted by molar-refractivity contribution is 0.102. The molecule has 2 aromatic heterocycles. The number of carbonyl (C=O) groups excluding carboxylic acids is 1. The van der Waals surface area contributed by atoms with Gasteiger partial charge in [-0.25, -0.2) is 4.98 Å². The summed E-state index contributed by atoms with van der Waals surface area (Å²) < 4.78 is 2.23. The van der Waals surface area contributed by atoms with E-state index in [1.54, 1.807) is 5.51 Å². The number of nitrogens with zero attached hydrogens (tertiary/aromatic N) is 3. The number of carbonyl (C=O) groups is 1. The van der Waals surface area contributed by atoms with Crippen LogP contribution in [-0.2, 0) is 6.54 Å². The number of benzene rings is 1. The quantitative estimate of drug-likeness (QED) is 0.733. The fraction of sp³-hybridized carbons (Fsp3) is 0.368. The van der Waals surface area contributed by atoms with E-state index in [0.717, 1.165) is 47.7 Å². The van der Waals surface area contributed by atoms with Crippen LogP contribution in [0.5, 0.6) is 0 Å². The van der Waals surface area contributed by atoms with Crippen LogP contribution < -0.4 is 5.32 Å². The molecule has 0 unspecified atom stereocenters. The predicted molar refractivity (Wildman–Crippen MR) is 103 cm³/mol. The summed E-state index contributed by atoms with van der Waals surface area (Å²) >= 11 is 1.43. The van der Waals surface area contributed by atoms with E-state index in [4.69, 9.17) is 0 Å². The van der Waals surface area contributed by atoms with Crippen molar-refractivity contribution in [3.8, 4) is 0 Å². The van der Waals surface area contributed by atoms with E-state index in [2.05, 4.69) is 58.3 Å². The van der Waals surface area contributed by atoms with Crippen molar-refractivity contribution in [3.63, 3.8) is 0 Å². The normalized spacial score (nSPS) is 14.4. The molecule has 0 spiro atoms. The molecule has 0 bridgehead atoms. The Bertz CT molecular complexity index is 907. The van der Waals surface area contributed by atoms with Gasteiger partial charge in [0.1, 0.15) is 4.88 Å². The minimum atomic E-state index is -0.0462. The van der Waals surface area contributed by atoms with Gasteiger partial charge in [-0.05, 0) is 50.5 Å². The lowest BCUT2D eigenvalue weighted by atomic mass is 10.2. The Balaban J connectivity index is 1.55. The van der Waals surface area contributed by atoms with Gasteiger partial charge in [0, 0.05) is 30.9 Å². The number of aromatic nitrogens is 2. The summed E-state index contributed by atoms with van der Waals surface area (Å²) in [6.07, 6.45) is 4.40. The van der Waals surface area contributed by atoms with Crippen molar-refractivity contribution in [1.82, 2.24) is 14.5 Å². The maximum Gasteiger partial charge on any atom is 0.267 e. The molecule has 2 heterocycles. The average molecular weight is 354 g/mol. The zero-order valence-corrected chi connectivity index (χ0v) is 15.3. The Hall–Kier alpha value is -2.18. The van der Waals surface area contributed by atoms with Crippen molar-refractivity contribution in [3.05, 3.63) is 46.5 Å². The minimum Gasteiger partial charge on any atom is -0.346 e. The summed E-state index contributed by atoms with van der Waals surface area (Å²) in [5.74, 6) is 0.438. The molecule has 5 nitrogen and oxygen atoms in total. The summed E-state index contributed by atoms with van der Waals surface area (Å²) in [4.78, 5) is 20.0. The summed E-state index contributed by atoms with van der Waals surface area (Å²) in [6, 6.07) is 8.20. The fourth-order valence-corrected chi connectivity index (χ4v) is 3.79. The third-order valence-electron chi connectivity index (χ3n) is 4.59. The van der Waals surface area contributed by atoms with Crippen LogP contribution in [0.2, 0.25) is 0 Å². The third-order valence-corrected chi connectivity index (χ3v) is 5.43. The van der Waals surface area contributed by atoms with Crippen LogP contribution in [0.4, 0.5) is 5.69 Å². The molecule has 1 amide bonds. The Morgan fingerprint density at radius 3 is 2.96 bits per heavy atom. The maximum absolute atomic E-state index is 12.6. The number of likely N-dealkylation sites (N-methyl/N-ethyl adjacent to an activating group) is 1. The van der Waals surface area contributed by atoms with Gasteiger partial charge in [0.25, 0.3) is 5.91 Å². The smallest absolute Gasteiger partial charge is 0.267 e. The molecule has 1 aliphatic carbocycles. The molecule has 1 fully saturated rings. The number of amides is 1. The molecule has 1 N–H and O–H groups in total. The molecular weight excluding hydrogens is 332 g/mol. The van der Waals surface area contributed by atoms with E-state index < -0.39 is 0 Å². The van der Waals surface area contributed by atoms with Gasteiger partial charge in [0.2, 0.25) is 0 Å². The molecule has 130 valence electrons. The van der Waals surface area contributed by atoms with Crippen molar-refractivity contribution in [2.45, 2.75) is 25.3 Å². The molecule has 25 heavy (non-hydrogen) atoms. The van der Waals surface area contributed by atoms with Gasteiger partial charge in [-0.3, -0.25) is 4.79 Å². The van der Waals surface area contributed by atoms with Crippen molar-refractivity contribution in [2.75, 3.05) is 26.0 Å². The molecule has 0 atom stereocenters. The Morgan fingerprint density at radius 2 is 2.20 bits per heavy atom. The van der Waals surface area contributed by atoms with Crippen molar-refractivity contribution in [2.24, 2.45) is 0 Å². The first kappa shape index (κ1) is 16.3. The zero-order valence-electron chi connectivity index (χ0n) is 14.5. The number of anilines is 1. The van der Waals surface area contributed by atoms with E-state index in [0.29, 0.717) is 5.92 Å². The van der Waals surface area contributed by atoms with E-state index in [-0.39, 0.29) is 5.91 Å². The topological polar surface area (TPSA) is 50.2 Å². The molecule has 4 rings (SSSR count). The number of rotatable bonds is 6. The SMILES string of the molecule is CN(C)CCn1ccc2ccc(NC(=O)c3scnc3C3CC3)cc21. The van der Waals surface area contributed by atoms with Gasteiger partial charge < -0.3 is 14.8 Å². The highest BCUT2D eigenvalue weighted by Crippen LogP contribution is 2.41. The molecule has 1 aromatic carbocycles. The van der Waals surface area contributed by atoms with Crippen molar-refractivity contribution < 1.29 is 4.79 Å². The van der Waals surface area contributed by atoms with Crippen LogP contribution in [0.3, 0.4) is 0 Å². The molecular formula is C19H22N4OS. The number of fused-ring (bicyclic) bond motifs is 1. The molecule has 3 aromatic rings. The monoisotopic (exact) mass is 354 g/mol. The van der Waals surface area contributed by atoms with Gasteiger partial charge in [-0.2, -0.15) is 0 Å². The van der Waals surface area contributed by atoms with Crippen LogP contribution in [0.25, 0.3) is 10.9 Å². The van der Waals surface area contributed by atoms with E-state index in [9.17, 15) is 4.79 Å². The van der Waals surface area contributed by atoms with Crippen molar-refractivity contribution in [1.29, 1.82) is 0 Å². The van der Waals surface area contributed by atoms with Gasteiger partial charge in [0.05, 0.1) is 16.7 Å². The molecule has 6 heteroatoms. The van der Waals surface area contributed by atoms with Gasteiger partial charge in [-0.15, -0.1) is 11.3 Å². The second-order valence-electron chi connectivity index (χ2n) is 6.88. The first-order chi connectivity index (χ1) is 12.1. The van der Waals surface area contributed by atoms with Gasteiger partial charge in [-0.1, -0.05) is 6.07 Å². The standard InChI is InChI=1S/C19H22N4OS/c1-22(2)9-10-23-8-7-13-5-6-15(11-16(13)23)21-19(24)18-17(14-3-4-14)20-12-25-18/h5-8,11-12,14H,3-4,9-10H2,1-2H3,(H,21,24). The fourth-order valence-electron chi connectivity index (χ4n) is 3.02. The summed E-state index contributed by atoms with van der Waals surface area (Å²) in [7, 11) is 4.15. The maximum atomic E-state index is 12.6. The van der Waals surface area contributed by atoms with E-state index in [1.807, 2.05) is 6.07 Å². The first-order valence-electron chi connectivity index (χ1n) is 8.60. The zero-order chi connectivity index (χ0) is 17.4. The highest BCUT2D eigenvalue weighted by molar-refractivity contribution is 7.12. The predicted octanol–water partition coefficient (Wildman–Crippen LogP) is 3.79. The molecule has 1 aliphatic rings. The van der Waals surface area contributed by atoms with E-state index >= 15 is 0 Å². The van der Waals surface area contributed by atoms with Crippen LogP contribution in [0, 0.1) is 0 Å². The van der Waals surface area contributed by atoms with Gasteiger partial charge >= 0.3 is 0 Å². The Morgan fingerprint density at radius 1 is 1.36 bits per heavy atom. The van der Waals surface area contributed by atoms with Crippen molar-refractivity contribution >= 4 is 33.8 Å². The lowest BCUT2D eigenvalue weighted by Crippen LogP contribution is -2.18. The minimum absolute atomic E-state index is 0.0462. The summed E-state index contributed by atoms with van der Waals surface area (Å²) in [5.41, 5.74) is 4.72. The number of nitrogens with one attached hydrogen (secondary N) is 1. The largest absolute Gasteiger partial charge is 0.346 e. The summed E-state index contributed by atoms with van der Waals surface area (Å²) in [6.45, 7) is 1.90. The van der Waals surface area contributed by atoms with E-state index in [1.165, 1.54) is 16.7 Å². The highest BCUT2D eigenvalue weighted by Gasteiger charge is 2.30. The van der Waals surface area contributed by atoms with Crippen LogP contribution in [0.1, 0.15) is 34.1 Å². The lowest BCUT2D eigenvalue weighted by Gasteiger charge is -2.12. The molecule has 0 radical (unpaired) electrons. The Labute approximate surface area is 151 Å². The average Bonchev–Trinajstić information content (AvgIpc) is 3.17. The Kier molecular flexibility index (Phi) is 4.31. The summed E-state index contributed by atoms with van der Waals surface area (Å²) in [5, 5.41) is 4.24. The molecule has 0 aliphatic heterocycles. The highest BCUT2D eigenvalue weighted by atomic mass is 32.1. The number of thiazole rings is 1. The third kappa shape index (κ3) is 3.45. The van der Waals surface area contributed by atoms with Crippen LogP contribution >= 0.6 is 11.3 Å². The molecule has 1 saturated carbocycles. The van der Waals surface area contributed by atoms with Gasteiger partial charge in [0.15, 0.2) is 0 Å².